The highest BCUT2D eigenvalue weighted by atomic mass is 16.3. The monoisotopic (exact) mass is 884 g/mol. The number of hydrogen-bond acceptors (Lipinski definition) is 3. The Hall–Kier alpha value is -1.39. The summed E-state index contributed by atoms with van der Waals surface area (Å²) in [6.07, 6.45) is 74.6. The summed E-state index contributed by atoms with van der Waals surface area (Å²) in [5.41, 5.74) is 0. The molecule has 0 saturated heterocycles. The van der Waals surface area contributed by atoms with E-state index in [4.69, 9.17) is 0 Å². The summed E-state index contributed by atoms with van der Waals surface area (Å²) in [4.78, 5) is 12.5. The first-order valence-corrected chi connectivity index (χ1v) is 28.7. The maximum absolute atomic E-state index is 12.5. The predicted molar refractivity (Wildman–Crippen MR) is 281 cm³/mol. The third-order valence-electron chi connectivity index (χ3n) is 13.3. The molecule has 0 aromatic rings. The fraction of sp³-hybridized carbons (Fsp3) is 0.881. The van der Waals surface area contributed by atoms with E-state index in [0.717, 1.165) is 32.1 Å². The van der Waals surface area contributed by atoms with Crippen molar-refractivity contribution in [2.24, 2.45) is 0 Å². The quantitative estimate of drug-likeness (QED) is 0.0421. The Kier molecular flexibility index (Phi) is 53.7. The lowest BCUT2D eigenvalue weighted by Gasteiger charge is -2.19. The normalized spacial score (nSPS) is 13.0. The van der Waals surface area contributed by atoms with E-state index in [0.29, 0.717) is 6.42 Å². The molecule has 0 spiro atoms. The Morgan fingerprint density at radius 2 is 0.619 bits per heavy atom. The van der Waals surface area contributed by atoms with Gasteiger partial charge < -0.3 is 15.5 Å². The Labute approximate surface area is 395 Å². The number of aliphatic hydroxyl groups is 2. The molecule has 0 aliphatic heterocycles. The number of carbonyl (C=O) groups excluding carboxylic acids is 1. The highest BCUT2D eigenvalue weighted by molar-refractivity contribution is 5.76. The van der Waals surface area contributed by atoms with Gasteiger partial charge in [0, 0.05) is 6.42 Å². The van der Waals surface area contributed by atoms with E-state index in [-0.39, 0.29) is 12.5 Å². The van der Waals surface area contributed by atoms with Crippen LogP contribution in [0.25, 0.3) is 0 Å². The van der Waals surface area contributed by atoms with Crippen molar-refractivity contribution in [1.29, 1.82) is 0 Å². The molecule has 0 rings (SSSR count). The van der Waals surface area contributed by atoms with Crippen LogP contribution in [-0.2, 0) is 4.79 Å². The number of rotatable bonds is 53. The molecular formula is C59H113NO3. The van der Waals surface area contributed by atoms with E-state index in [9.17, 15) is 15.0 Å². The van der Waals surface area contributed by atoms with Crippen LogP contribution in [0.5, 0.6) is 0 Å². The first-order chi connectivity index (χ1) is 31.2. The third kappa shape index (κ3) is 51.5. The van der Waals surface area contributed by atoms with Crippen LogP contribution in [0.3, 0.4) is 0 Å². The third-order valence-corrected chi connectivity index (χ3v) is 13.3. The number of unbranched alkanes of at least 4 members (excludes halogenated alkanes) is 42. The van der Waals surface area contributed by atoms with Gasteiger partial charge in [-0.3, -0.25) is 4.79 Å². The fourth-order valence-corrected chi connectivity index (χ4v) is 8.96. The summed E-state index contributed by atoms with van der Waals surface area (Å²) < 4.78 is 0. The van der Waals surface area contributed by atoms with Gasteiger partial charge in [-0.2, -0.15) is 0 Å². The molecule has 1 amide bonds. The molecule has 372 valence electrons. The lowest BCUT2D eigenvalue weighted by Crippen LogP contribution is -2.45. The molecule has 4 nitrogen and oxygen atoms in total. The summed E-state index contributed by atoms with van der Waals surface area (Å²) in [7, 11) is 0. The lowest BCUT2D eigenvalue weighted by atomic mass is 10.0. The summed E-state index contributed by atoms with van der Waals surface area (Å²) in [6.45, 7) is 4.33. The molecule has 0 saturated carbocycles. The van der Waals surface area contributed by atoms with Gasteiger partial charge in [0.05, 0.1) is 18.8 Å². The number of carbonyl (C=O) groups is 1. The van der Waals surface area contributed by atoms with Crippen LogP contribution < -0.4 is 5.32 Å². The minimum atomic E-state index is -0.863. The van der Waals surface area contributed by atoms with E-state index >= 15 is 0 Å². The van der Waals surface area contributed by atoms with Gasteiger partial charge in [-0.05, 0) is 57.8 Å². The van der Waals surface area contributed by atoms with Crippen molar-refractivity contribution in [3.63, 3.8) is 0 Å². The van der Waals surface area contributed by atoms with E-state index in [2.05, 4.69) is 43.5 Å². The van der Waals surface area contributed by atoms with Crippen molar-refractivity contribution in [2.45, 2.75) is 328 Å². The van der Waals surface area contributed by atoms with Crippen molar-refractivity contribution in [1.82, 2.24) is 5.32 Å². The first-order valence-electron chi connectivity index (χ1n) is 28.7. The molecule has 0 aliphatic carbocycles. The SMILES string of the molecule is CCCCCCCCCCCCCC/C=C\CCCCCCCCCCCCCC(=O)NC(CO)C(O)/C=C/CC/C=C/CCCCCCCCCCCCCCCCCCCC. The molecular weight excluding hydrogens is 771 g/mol. The minimum Gasteiger partial charge on any atom is -0.394 e. The number of amides is 1. The van der Waals surface area contributed by atoms with Crippen LogP contribution in [0, 0.1) is 0 Å². The second-order valence-electron chi connectivity index (χ2n) is 19.7. The van der Waals surface area contributed by atoms with Gasteiger partial charge in [0.25, 0.3) is 0 Å². The zero-order valence-corrected chi connectivity index (χ0v) is 42.9. The summed E-state index contributed by atoms with van der Waals surface area (Å²) in [5, 5.41) is 23.2. The molecule has 0 radical (unpaired) electrons. The summed E-state index contributed by atoms with van der Waals surface area (Å²) in [6, 6.07) is -0.640. The topological polar surface area (TPSA) is 69.6 Å². The average molecular weight is 885 g/mol. The molecule has 63 heavy (non-hydrogen) atoms. The molecule has 0 aromatic heterocycles. The van der Waals surface area contributed by atoms with E-state index in [1.54, 1.807) is 6.08 Å². The molecule has 0 bridgehead atoms. The van der Waals surface area contributed by atoms with Gasteiger partial charge in [0.15, 0.2) is 0 Å². The van der Waals surface area contributed by atoms with Gasteiger partial charge >= 0.3 is 0 Å². The van der Waals surface area contributed by atoms with Gasteiger partial charge in [0.2, 0.25) is 5.91 Å². The van der Waals surface area contributed by atoms with Gasteiger partial charge in [-0.15, -0.1) is 0 Å². The van der Waals surface area contributed by atoms with Gasteiger partial charge in [0.1, 0.15) is 0 Å². The van der Waals surface area contributed by atoms with Crippen molar-refractivity contribution in [2.75, 3.05) is 6.61 Å². The Morgan fingerprint density at radius 3 is 0.921 bits per heavy atom. The Balaban J connectivity index is 3.51. The number of hydrogen-bond donors (Lipinski definition) is 3. The molecule has 2 unspecified atom stereocenters. The highest BCUT2D eigenvalue weighted by Crippen LogP contribution is 2.17. The van der Waals surface area contributed by atoms with Crippen LogP contribution in [0.2, 0.25) is 0 Å². The number of aliphatic hydroxyl groups excluding tert-OH is 2. The van der Waals surface area contributed by atoms with Crippen LogP contribution in [0.1, 0.15) is 316 Å². The summed E-state index contributed by atoms with van der Waals surface area (Å²) in [5.74, 6) is -0.0703. The van der Waals surface area contributed by atoms with Gasteiger partial charge in [-0.1, -0.05) is 288 Å². The minimum absolute atomic E-state index is 0.0703. The first kappa shape index (κ1) is 61.6. The lowest BCUT2D eigenvalue weighted by molar-refractivity contribution is -0.123. The van der Waals surface area contributed by atoms with Crippen LogP contribution in [0.4, 0.5) is 0 Å². The zero-order chi connectivity index (χ0) is 45.6. The number of nitrogens with one attached hydrogen (secondary N) is 1. The van der Waals surface area contributed by atoms with E-state index in [1.807, 2.05) is 6.08 Å². The van der Waals surface area contributed by atoms with E-state index < -0.39 is 12.1 Å². The Morgan fingerprint density at radius 1 is 0.365 bits per heavy atom. The molecule has 0 heterocycles. The zero-order valence-electron chi connectivity index (χ0n) is 42.9. The fourth-order valence-electron chi connectivity index (χ4n) is 8.96. The molecule has 3 N–H and O–H groups in total. The maximum Gasteiger partial charge on any atom is 0.220 e. The predicted octanol–water partition coefficient (Wildman–Crippen LogP) is 18.9. The smallest absolute Gasteiger partial charge is 0.220 e. The van der Waals surface area contributed by atoms with Crippen LogP contribution >= 0.6 is 0 Å². The van der Waals surface area contributed by atoms with Crippen molar-refractivity contribution in [3.05, 3.63) is 36.5 Å². The van der Waals surface area contributed by atoms with Gasteiger partial charge in [-0.25, -0.2) is 0 Å². The summed E-state index contributed by atoms with van der Waals surface area (Å²) >= 11 is 0. The average Bonchev–Trinajstić information content (AvgIpc) is 3.29. The molecule has 4 heteroatoms. The standard InChI is InChI=1S/C59H113NO3/c1-3-5-7-9-11-13-15-17-19-21-23-25-27-29-30-31-33-35-37-39-41-43-45-47-49-51-53-55-59(63)60-57(56-61)58(62)54-52-50-48-46-44-42-40-38-36-34-32-28-26-24-22-20-18-16-14-12-10-8-6-4-2/h29-30,44,46,52,54,57-58,61-62H,3-28,31-43,45,47-51,53,55-56H2,1-2H3,(H,60,63)/b30-29-,46-44+,54-52+. The number of allylic oxidation sites excluding steroid dienone is 5. The molecule has 0 aliphatic rings. The van der Waals surface area contributed by atoms with Crippen molar-refractivity contribution in [3.8, 4) is 0 Å². The van der Waals surface area contributed by atoms with E-state index in [1.165, 1.54) is 263 Å². The van der Waals surface area contributed by atoms with Crippen molar-refractivity contribution >= 4 is 5.91 Å². The second-order valence-corrected chi connectivity index (χ2v) is 19.7. The maximum atomic E-state index is 12.5. The largest absolute Gasteiger partial charge is 0.394 e. The second kappa shape index (κ2) is 54.9. The molecule has 2 atom stereocenters. The van der Waals surface area contributed by atoms with Crippen LogP contribution in [-0.4, -0.2) is 34.9 Å². The van der Waals surface area contributed by atoms with Crippen LogP contribution in [0.15, 0.2) is 36.5 Å². The molecule has 0 fully saturated rings. The van der Waals surface area contributed by atoms with Crippen molar-refractivity contribution < 1.29 is 15.0 Å². The Bertz CT molecular complexity index is 958. The highest BCUT2D eigenvalue weighted by Gasteiger charge is 2.18. The molecule has 0 aromatic carbocycles.